The van der Waals surface area contributed by atoms with Crippen LogP contribution in [0.15, 0.2) is 30.9 Å². The normalized spacial score (nSPS) is 20.7. The van der Waals surface area contributed by atoms with Crippen molar-refractivity contribution >= 4 is 17.5 Å². The highest BCUT2D eigenvalue weighted by Gasteiger charge is 2.38. The second kappa shape index (κ2) is 6.86. The number of rotatable bonds is 4. The van der Waals surface area contributed by atoms with Crippen LogP contribution in [0.25, 0.3) is 5.69 Å². The van der Waals surface area contributed by atoms with Gasteiger partial charge in [0.15, 0.2) is 5.82 Å². The minimum atomic E-state index is -0.511. The number of hydrogen-bond acceptors (Lipinski definition) is 4. The van der Waals surface area contributed by atoms with E-state index in [9.17, 15) is 14.0 Å². The van der Waals surface area contributed by atoms with Gasteiger partial charge < -0.3 is 10.2 Å². The fourth-order valence-electron chi connectivity index (χ4n) is 3.82. The molecule has 2 aromatic rings. The zero-order valence-corrected chi connectivity index (χ0v) is 14.3. The average molecular weight is 357 g/mol. The van der Waals surface area contributed by atoms with Crippen LogP contribution in [0.1, 0.15) is 32.1 Å². The summed E-state index contributed by atoms with van der Waals surface area (Å²) >= 11 is 0. The van der Waals surface area contributed by atoms with Crippen LogP contribution in [0, 0.1) is 11.7 Å². The smallest absolute Gasteiger partial charge is 0.229 e. The molecule has 7 nitrogen and oxygen atoms in total. The fourth-order valence-corrected chi connectivity index (χ4v) is 3.82. The molecule has 1 unspecified atom stereocenters. The molecule has 0 bridgehead atoms. The molecule has 1 aliphatic carbocycles. The van der Waals surface area contributed by atoms with Gasteiger partial charge in [-0.3, -0.25) is 9.59 Å². The van der Waals surface area contributed by atoms with Crippen molar-refractivity contribution in [3.8, 4) is 5.69 Å². The van der Waals surface area contributed by atoms with Crippen LogP contribution in [0.2, 0.25) is 0 Å². The highest BCUT2D eigenvalue weighted by Crippen LogP contribution is 2.30. The second-order valence-corrected chi connectivity index (χ2v) is 6.88. The van der Waals surface area contributed by atoms with Gasteiger partial charge in [-0.25, -0.2) is 14.1 Å². The molecule has 26 heavy (non-hydrogen) atoms. The number of carbonyl (C=O) groups is 2. The van der Waals surface area contributed by atoms with E-state index in [-0.39, 0.29) is 35.9 Å². The lowest BCUT2D eigenvalue weighted by Gasteiger charge is -2.23. The van der Waals surface area contributed by atoms with Gasteiger partial charge in [0.2, 0.25) is 11.8 Å². The molecule has 1 saturated carbocycles. The molecule has 2 amide bonds. The maximum absolute atomic E-state index is 14.3. The molecule has 136 valence electrons. The zero-order valence-electron chi connectivity index (χ0n) is 14.3. The summed E-state index contributed by atoms with van der Waals surface area (Å²) in [6.45, 7) is 0.453. The van der Waals surface area contributed by atoms with Gasteiger partial charge in [-0.15, -0.1) is 0 Å². The summed E-state index contributed by atoms with van der Waals surface area (Å²) in [6.07, 6.45) is 7.28. The van der Waals surface area contributed by atoms with Crippen molar-refractivity contribution in [3.63, 3.8) is 0 Å². The number of carbonyl (C=O) groups excluding carboxylic acids is 2. The summed E-state index contributed by atoms with van der Waals surface area (Å²) in [5, 5.41) is 6.62. The highest BCUT2D eigenvalue weighted by molar-refractivity contribution is 5.97. The number of nitrogens with one attached hydrogen (secondary N) is 1. The van der Waals surface area contributed by atoms with Crippen LogP contribution < -0.4 is 5.32 Å². The Bertz CT molecular complexity index is 817. The van der Waals surface area contributed by atoms with Gasteiger partial charge in [0.1, 0.15) is 18.3 Å². The number of benzene rings is 1. The Morgan fingerprint density at radius 2 is 2.08 bits per heavy atom. The number of nitrogens with zero attached hydrogens (tertiary/aromatic N) is 4. The molecule has 1 atom stereocenters. The van der Waals surface area contributed by atoms with E-state index in [1.54, 1.807) is 6.07 Å². The SMILES string of the molecule is O=C(Nc1ccc(-n2cncn2)c(F)c1)C1CC(=O)N(C2CCCC2)C1. The third kappa shape index (κ3) is 3.18. The Morgan fingerprint density at radius 3 is 2.77 bits per heavy atom. The number of hydrogen-bond donors (Lipinski definition) is 1. The molecule has 0 spiro atoms. The van der Waals surface area contributed by atoms with E-state index in [1.807, 2.05) is 4.90 Å². The number of aromatic nitrogens is 3. The van der Waals surface area contributed by atoms with E-state index in [0.717, 1.165) is 25.7 Å². The lowest BCUT2D eigenvalue weighted by atomic mass is 10.1. The summed E-state index contributed by atoms with van der Waals surface area (Å²) in [5.74, 6) is -1.10. The molecular weight excluding hydrogens is 337 g/mol. The molecule has 1 aromatic carbocycles. The van der Waals surface area contributed by atoms with E-state index < -0.39 is 5.82 Å². The van der Waals surface area contributed by atoms with Crippen molar-refractivity contribution in [2.75, 3.05) is 11.9 Å². The predicted octanol–water partition coefficient (Wildman–Crippen LogP) is 2.14. The largest absolute Gasteiger partial charge is 0.339 e. The predicted molar refractivity (Wildman–Crippen MR) is 92.0 cm³/mol. The third-order valence-electron chi connectivity index (χ3n) is 5.18. The monoisotopic (exact) mass is 357 g/mol. The van der Waals surface area contributed by atoms with Crippen LogP contribution in [-0.2, 0) is 9.59 Å². The standard InChI is InChI=1S/C18H20FN5O2/c19-15-8-13(5-6-16(15)24-11-20-10-21-24)22-18(26)12-7-17(25)23(9-12)14-3-1-2-4-14/h5-6,8,10-12,14H,1-4,7,9H2,(H,22,26). The quantitative estimate of drug-likeness (QED) is 0.909. The number of likely N-dealkylation sites (tertiary alicyclic amines) is 1. The Kier molecular flexibility index (Phi) is 4.40. The number of halogens is 1. The van der Waals surface area contributed by atoms with Crippen molar-refractivity contribution in [2.45, 2.75) is 38.1 Å². The van der Waals surface area contributed by atoms with Crippen LogP contribution in [0.3, 0.4) is 0 Å². The molecule has 0 radical (unpaired) electrons. The maximum Gasteiger partial charge on any atom is 0.229 e. The first-order valence-electron chi connectivity index (χ1n) is 8.86. The Hall–Kier alpha value is -2.77. The van der Waals surface area contributed by atoms with Crippen LogP contribution >= 0.6 is 0 Å². The lowest BCUT2D eigenvalue weighted by molar-refractivity contribution is -0.129. The van der Waals surface area contributed by atoms with Crippen molar-refractivity contribution in [2.24, 2.45) is 5.92 Å². The Balaban J connectivity index is 1.42. The molecule has 2 aliphatic rings. The molecule has 1 aliphatic heterocycles. The van der Waals surface area contributed by atoms with Gasteiger partial charge in [0.25, 0.3) is 0 Å². The molecular formula is C18H20FN5O2. The molecule has 8 heteroatoms. The highest BCUT2D eigenvalue weighted by atomic mass is 19.1. The van der Waals surface area contributed by atoms with Gasteiger partial charge >= 0.3 is 0 Å². The molecule has 2 fully saturated rings. The lowest BCUT2D eigenvalue weighted by Crippen LogP contribution is -2.35. The van der Waals surface area contributed by atoms with Crippen LogP contribution in [0.4, 0.5) is 10.1 Å². The van der Waals surface area contributed by atoms with Crippen molar-refractivity contribution in [1.82, 2.24) is 19.7 Å². The third-order valence-corrected chi connectivity index (χ3v) is 5.18. The minimum absolute atomic E-state index is 0.0461. The Morgan fingerprint density at radius 1 is 1.27 bits per heavy atom. The number of amides is 2. The summed E-state index contributed by atoms with van der Waals surface area (Å²) in [4.78, 5) is 30.4. The Labute approximate surface area is 150 Å². The topological polar surface area (TPSA) is 80.1 Å². The second-order valence-electron chi connectivity index (χ2n) is 6.88. The van der Waals surface area contributed by atoms with E-state index in [4.69, 9.17) is 0 Å². The van der Waals surface area contributed by atoms with E-state index in [1.165, 1.54) is 29.5 Å². The number of anilines is 1. The summed E-state index contributed by atoms with van der Waals surface area (Å²) in [5.41, 5.74) is 0.618. The fraction of sp³-hybridized carbons (Fsp3) is 0.444. The van der Waals surface area contributed by atoms with Gasteiger partial charge in [-0.1, -0.05) is 12.8 Å². The first-order chi connectivity index (χ1) is 12.6. The summed E-state index contributed by atoms with van der Waals surface area (Å²) in [7, 11) is 0. The molecule has 1 N–H and O–H groups in total. The van der Waals surface area contributed by atoms with Gasteiger partial charge in [-0.2, -0.15) is 5.10 Å². The average Bonchev–Trinajstić information content (AvgIpc) is 3.36. The van der Waals surface area contributed by atoms with E-state index in [2.05, 4.69) is 15.4 Å². The molecule has 2 heterocycles. The van der Waals surface area contributed by atoms with Crippen LogP contribution in [-0.4, -0.2) is 44.1 Å². The molecule has 1 aromatic heterocycles. The summed E-state index contributed by atoms with van der Waals surface area (Å²) in [6, 6.07) is 4.67. The van der Waals surface area contributed by atoms with E-state index in [0.29, 0.717) is 12.2 Å². The first-order valence-corrected chi connectivity index (χ1v) is 8.86. The van der Waals surface area contributed by atoms with Crippen LogP contribution in [0.5, 0.6) is 0 Å². The van der Waals surface area contributed by atoms with Gasteiger partial charge in [0.05, 0.1) is 5.92 Å². The van der Waals surface area contributed by atoms with Crippen molar-refractivity contribution in [3.05, 3.63) is 36.7 Å². The summed E-state index contributed by atoms with van der Waals surface area (Å²) < 4.78 is 15.6. The molecule has 1 saturated heterocycles. The maximum atomic E-state index is 14.3. The van der Waals surface area contributed by atoms with Crippen molar-refractivity contribution < 1.29 is 14.0 Å². The zero-order chi connectivity index (χ0) is 18.1. The molecule has 4 rings (SSSR count). The first kappa shape index (κ1) is 16.7. The van der Waals surface area contributed by atoms with Gasteiger partial charge in [0, 0.05) is 24.7 Å². The van der Waals surface area contributed by atoms with Gasteiger partial charge in [-0.05, 0) is 31.0 Å². The van der Waals surface area contributed by atoms with E-state index >= 15 is 0 Å². The minimum Gasteiger partial charge on any atom is -0.339 e. The van der Waals surface area contributed by atoms with Crippen molar-refractivity contribution in [1.29, 1.82) is 0 Å².